The molecule has 0 radical (unpaired) electrons. The second kappa shape index (κ2) is 8.62. The molecule has 0 aliphatic carbocycles. The van der Waals surface area contributed by atoms with Gasteiger partial charge in [-0.3, -0.25) is 19.3 Å². The predicted octanol–water partition coefficient (Wildman–Crippen LogP) is 2.35. The Kier molecular flexibility index (Phi) is 5.51. The van der Waals surface area contributed by atoms with Gasteiger partial charge in [0, 0.05) is 19.5 Å². The molecule has 3 amide bonds. The second-order valence-corrected chi connectivity index (χ2v) is 8.49. The van der Waals surface area contributed by atoms with Crippen LogP contribution in [0.25, 0.3) is 6.08 Å². The molecule has 1 unspecified atom stereocenters. The monoisotopic (exact) mass is 466 g/mol. The fourth-order valence-corrected chi connectivity index (χ4v) is 4.59. The Balaban J connectivity index is 1.18. The molecular formula is C23H18N2O7S. The number of rotatable bonds is 5. The Bertz CT molecular complexity index is 1210. The Morgan fingerprint density at radius 1 is 1.12 bits per heavy atom. The number of carbonyl (C=O) groups is 4. The van der Waals surface area contributed by atoms with Crippen LogP contribution in [0.2, 0.25) is 0 Å². The zero-order valence-electron chi connectivity index (χ0n) is 17.2. The number of hydrogen-bond donors (Lipinski definition) is 1. The average molecular weight is 466 g/mol. The van der Waals surface area contributed by atoms with E-state index in [4.69, 9.17) is 14.2 Å². The van der Waals surface area contributed by atoms with E-state index in [-0.39, 0.29) is 31.2 Å². The Morgan fingerprint density at radius 3 is 2.82 bits per heavy atom. The topological polar surface area (TPSA) is 111 Å². The van der Waals surface area contributed by atoms with Gasteiger partial charge in [-0.25, -0.2) is 4.79 Å². The lowest BCUT2D eigenvalue weighted by molar-refractivity contribution is -0.130. The number of nitrogens with zero attached hydrogens (tertiary/aromatic N) is 1. The first-order valence-corrected chi connectivity index (χ1v) is 11.0. The van der Waals surface area contributed by atoms with E-state index >= 15 is 0 Å². The maximum atomic E-state index is 12.7. The van der Waals surface area contributed by atoms with Crippen molar-refractivity contribution in [2.75, 3.05) is 19.9 Å². The van der Waals surface area contributed by atoms with Gasteiger partial charge >= 0.3 is 5.97 Å². The van der Waals surface area contributed by atoms with Crippen molar-refractivity contribution in [3.63, 3.8) is 0 Å². The number of nitrogens with one attached hydrogen (secondary N) is 1. The van der Waals surface area contributed by atoms with E-state index in [0.717, 1.165) is 22.2 Å². The van der Waals surface area contributed by atoms with Gasteiger partial charge in [0.1, 0.15) is 0 Å². The van der Waals surface area contributed by atoms with E-state index in [0.29, 0.717) is 22.6 Å². The molecule has 3 aliphatic heterocycles. The summed E-state index contributed by atoms with van der Waals surface area (Å²) >= 11 is 0.834. The van der Waals surface area contributed by atoms with Crippen LogP contribution in [0.5, 0.6) is 11.5 Å². The summed E-state index contributed by atoms with van der Waals surface area (Å²) in [5.74, 6) is -0.243. The molecule has 0 spiro atoms. The van der Waals surface area contributed by atoms with Gasteiger partial charge in [0.05, 0.1) is 10.5 Å². The molecule has 0 aromatic heterocycles. The quantitative estimate of drug-likeness (QED) is 0.528. The molecule has 1 N–H and O–H groups in total. The Hall–Kier alpha value is -3.79. The van der Waals surface area contributed by atoms with Crippen molar-refractivity contribution >= 4 is 40.9 Å². The van der Waals surface area contributed by atoms with Crippen LogP contribution in [-0.2, 0) is 20.7 Å². The van der Waals surface area contributed by atoms with E-state index in [1.54, 1.807) is 48.5 Å². The van der Waals surface area contributed by atoms with Crippen molar-refractivity contribution in [1.29, 1.82) is 0 Å². The SMILES string of the molecule is O=C1OC(C(=O)NCCN2C(=O)S/C(=C\c3ccc4c(c3)OCO4)C2=O)Cc2ccccc21. The molecule has 9 nitrogen and oxygen atoms in total. The summed E-state index contributed by atoms with van der Waals surface area (Å²) in [5.41, 5.74) is 1.90. The predicted molar refractivity (Wildman–Crippen MR) is 118 cm³/mol. The molecule has 3 heterocycles. The number of benzene rings is 2. The van der Waals surface area contributed by atoms with Crippen LogP contribution in [0.4, 0.5) is 4.79 Å². The van der Waals surface area contributed by atoms with Gasteiger partial charge in [-0.05, 0) is 47.2 Å². The average Bonchev–Trinajstić information content (AvgIpc) is 3.38. The smallest absolute Gasteiger partial charge is 0.339 e. The highest BCUT2D eigenvalue weighted by atomic mass is 32.2. The lowest BCUT2D eigenvalue weighted by Crippen LogP contribution is -2.44. The molecule has 2 aromatic carbocycles. The lowest BCUT2D eigenvalue weighted by Gasteiger charge is -2.24. The molecule has 2 aromatic rings. The Labute approximate surface area is 192 Å². The fraction of sp³-hybridized carbons (Fsp3) is 0.217. The van der Waals surface area contributed by atoms with Gasteiger partial charge in [-0.1, -0.05) is 24.3 Å². The zero-order valence-corrected chi connectivity index (χ0v) is 18.1. The highest BCUT2D eigenvalue weighted by Gasteiger charge is 2.35. The maximum Gasteiger partial charge on any atom is 0.339 e. The minimum Gasteiger partial charge on any atom is -0.454 e. The summed E-state index contributed by atoms with van der Waals surface area (Å²) in [4.78, 5) is 50.9. The molecule has 1 atom stereocenters. The van der Waals surface area contributed by atoms with Crippen LogP contribution < -0.4 is 14.8 Å². The van der Waals surface area contributed by atoms with Gasteiger partial charge in [0.2, 0.25) is 6.79 Å². The first-order chi connectivity index (χ1) is 16.0. The molecule has 33 heavy (non-hydrogen) atoms. The minimum absolute atomic E-state index is 0.00609. The van der Waals surface area contributed by atoms with Gasteiger partial charge in [0.15, 0.2) is 17.6 Å². The molecule has 1 saturated heterocycles. The van der Waals surface area contributed by atoms with E-state index in [9.17, 15) is 19.2 Å². The minimum atomic E-state index is -0.951. The summed E-state index contributed by atoms with van der Waals surface area (Å²) in [5, 5.41) is 2.23. The van der Waals surface area contributed by atoms with Gasteiger partial charge in [0.25, 0.3) is 17.1 Å². The number of imide groups is 1. The summed E-state index contributed by atoms with van der Waals surface area (Å²) in [6, 6.07) is 12.2. The lowest BCUT2D eigenvalue weighted by atomic mass is 9.98. The van der Waals surface area contributed by atoms with Gasteiger partial charge in [-0.15, -0.1) is 0 Å². The van der Waals surface area contributed by atoms with E-state index in [2.05, 4.69) is 5.32 Å². The first-order valence-electron chi connectivity index (χ1n) is 10.2. The van der Waals surface area contributed by atoms with Crippen LogP contribution in [0.15, 0.2) is 47.4 Å². The Morgan fingerprint density at radius 2 is 1.94 bits per heavy atom. The highest BCUT2D eigenvalue weighted by molar-refractivity contribution is 8.18. The van der Waals surface area contributed by atoms with Gasteiger partial charge in [-0.2, -0.15) is 0 Å². The van der Waals surface area contributed by atoms with E-state index < -0.39 is 29.1 Å². The molecule has 168 valence electrons. The van der Waals surface area contributed by atoms with Crippen LogP contribution in [0.1, 0.15) is 21.5 Å². The number of fused-ring (bicyclic) bond motifs is 2. The third-order valence-electron chi connectivity index (χ3n) is 5.39. The first kappa shape index (κ1) is 21.1. The van der Waals surface area contributed by atoms with Gasteiger partial charge < -0.3 is 19.5 Å². The summed E-state index contributed by atoms with van der Waals surface area (Å²) in [7, 11) is 0. The number of hydrogen-bond acceptors (Lipinski definition) is 8. The maximum absolute atomic E-state index is 12.7. The molecule has 0 bridgehead atoms. The molecule has 3 aliphatic rings. The van der Waals surface area contributed by atoms with Crippen molar-refractivity contribution in [2.24, 2.45) is 0 Å². The van der Waals surface area contributed by atoms with Crippen molar-refractivity contribution in [2.45, 2.75) is 12.5 Å². The van der Waals surface area contributed by atoms with Crippen LogP contribution >= 0.6 is 11.8 Å². The third kappa shape index (κ3) is 4.17. The number of cyclic esters (lactones) is 1. The van der Waals surface area contributed by atoms with Crippen LogP contribution in [0.3, 0.4) is 0 Å². The second-order valence-electron chi connectivity index (χ2n) is 7.49. The van der Waals surface area contributed by atoms with Crippen molar-refractivity contribution < 1.29 is 33.4 Å². The number of ether oxygens (including phenoxy) is 3. The standard InChI is InChI=1S/C23H18N2O7S/c26-20(18-11-14-3-1-2-4-15(14)22(28)32-18)24-7-8-25-21(27)19(33-23(25)29)10-13-5-6-16-17(9-13)31-12-30-16/h1-6,9-10,18H,7-8,11-12H2,(H,24,26)/b19-10-. The van der Waals surface area contributed by atoms with Crippen LogP contribution in [0, 0.1) is 0 Å². The number of amides is 3. The fourth-order valence-electron chi connectivity index (χ4n) is 3.73. The highest BCUT2D eigenvalue weighted by Crippen LogP contribution is 2.36. The number of esters is 1. The zero-order chi connectivity index (χ0) is 22.9. The summed E-state index contributed by atoms with van der Waals surface area (Å²) < 4.78 is 15.8. The van der Waals surface area contributed by atoms with Crippen molar-refractivity contribution in [3.8, 4) is 11.5 Å². The third-order valence-corrected chi connectivity index (χ3v) is 6.29. The molecule has 0 saturated carbocycles. The molecule has 5 rings (SSSR count). The molecular weight excluding hydrogens is 448 g/mol. The summed E-state index contributed by atoms with van der Waals surface area (Å²) in [6.45, 7) is 0.198. The molecule has 1 fully saturated rings. The largest absolute Gasteiger partial charge is 0.454 e. The molecule has 10 heteroatoms. The van der Waals surface area contributed by atoms with Crippen molar-refractivity contribution in [1.82, 2.24) is 10.2 Å². The van der Waals surface area contributed by atoms with Crippen LogP contribution in [-0.4, -0.2) is 53.9 Å². The van der Waals surface area contributed by atoms with Crippen molar-refractivity contribution in [3.05, 3.63) is 64.1 Å². The number of carbonyl (C=O) groups excluding carboxylic acids is 4. The number of thioether (sulfide) groups is 1. The van der Waals surface area contributed by atoms with E-state index in [1.165, 1.54) is 0 Å². The normalized spacial score (nSPS) is 20.1. The summed E-state index contributed by atoms with van der Waals surface area (Å²) in [6.07, 6.45) is 0.936. The van der Waals surface area contributed by atoms with E-state index in [1.807, 2.05) is 0 Å².